The monoisotopic (exact) mass is 290 g/mol. The molecule has 0 aliphatic carbocycles. The lowest BCUT2D eigenvalue weighted by Crippen LogP contribution is -3.14. The SMILES string of the molecule is CN(C)C(=O)[C@@H](c1ccccc1)[NH+]1CCC(C(N)=O)CC1. The fourth-order valence-corrected chi connectivity index (χ4v) is 3.02. The number of likely N-dealkylation sites (N-methyl/N-ethyl adjacent to an activating group) is 1. The Kier molecular flexibility index (Phi) is 4.96. The van der Waals surface area contributed by atoms with Gasteiger partial charge in [-0.3, -0.25) is 9.59 Å². The number of benzene rings is 1. The summed E-state index contributed by atoms with van der Waals surface area (Å²) in [5.41, 5.74) is 6.42. The van der Waals surface area contributed by atoms with Crippen molar-refractivity contribution in [2.75, 3.05) is 27.2 Å². The van der Waals surface area contributed by atoms with Gasteiger partial charge in [-0.15, -0.1) is 0 Å². The van der Waals surface area contributed by atoms with Gasteiger partial charge < -0.3 is 15.5 Å². The van der Waals surface area contributed by atoms with E-state index >= 15 is 0 Å². The zero-order valence-electron chi connectivity index (χ0n) is 12.7. The first-order valence-electron chi connectivity index (χ1n) is 7.40. The Morgan fingerprint density at radius 3 is 2.24 bits per heavy atom. The number of rotatable bonds is 4. The van der Waals surface area contributed by atoms with Crippen molar-refractivity contribution in [3.05, 3.63) is 35.9 Å². The summed E-state index contributed by atoms with van der Waals surface area (Å²) >= 11 is 0. The lowest BCUT2D eigenvalue weighted by Gasteiger charge is -2.34. The molecule has 1 aromatic carbocycles. The van der Waals surface area contributed by atoms with Gasteiger partial charge in [0.2, 0.25) is 5.91 Å². The fourth-order valence-electron chi connectivity index (χ4n) is 3.02. The van der Waals surface area contributed by atoms with Crippen LogP contribution < -0.4 is 10.6 Å². The predicted molar refractivity (Wildman–Crippen MR) is 80.5 cm³/mol. The van der Waals surface area contributed by atoms with Crippen LogP contribution in [0.15, 0.2) is 30.3 Å². The highest BCUT2D eigenvalue weighted by Gasteiger charge is 2.36. The number of hydrogen-bond acceptors (Lipinski definition) is 2. The highest BCUT2D eigenvalue weighted by Crippen LogP contribution is 2.15. The molecule has 5 heteroatoms. The maximum Gasteiger partial charge on any atom is 0.285 e. The minimum absolute atomic E-state index is 0.0420. The molecule has 2 amide bonds. The summed E-state index contributed by atoms with van der Waals surface area (Å²) in [5.74, 6) is -0.155. The number of nitrogens with one attached hydrogen (secondary N) is 1. The second kappa shape index (κ2) is 6.72. The molecule has 0 saturated carbocycles. The predicted octanol–water partition coefficient (Wildman–Crippen LogP) is -0.404. The molecular weight excluding hydrogens is 266 g/mol. The summed E-state index contributed by atoms with van der Waals surface area (Å²) in [6, 6.07) is 9.67. The molecule has 1 aromatic rings. The van der Waals surface area contributed by atoms with Gasteiger partial charge in [0.1, 0.15) is 0 Å². The van der Waals surface area contributed by atoms with Gasteiger partial charge >= 0.3 is 0 Å². The van der Waals surface area contributed by atoms with E-state index in [0.29, 0.717) is 0 Å². The smallest absolute Gasteiger partial charge is 0.285 e. The first kappa shape index (κ1) is 15.5. The average Bonchev–Trinajstić information content (AvgIpc) is 2.49. The van der Waals surface area contributed by atoms with Gasteiger partial charge in [-0.05, 0) is 0 Å². The number of nitrogens with zero attached hydrogens (tertiary/aromatic N) is 1. The molecule has 0 unspecified atom stereocenters. The van der Waals surface area contributed by atoms with Crippen LogP contribution in [-0.2, 0) is 9.59 Å². The zero-order chi connectivity index (χ0) is 15.4. The van der Waals surface area contributed by atoms with E-state index in [9.17, 15) is 9.59 Å². The number of amides is 2. The molecule has 5 nitrogen and oxygen atoms in total. The van der Waals surface area contributed by atoms with Gasteiger partial charge in [-0.25, -0.2) is 0 Å². The van der Waals surface area contributed by atoms with E-state index in [1.807, 2.05) is 30.3 Å². The minimum Gasteiger partial charge on any atom is -0.369 e. The third-order valence-electron chi connectivity index (χ3n) is 4.26. The molecule has 0 radical (unpaired) electrons. The van der Waals surface area contributed by atoms with Crippen LogP contribution in [0.4, 0.5) is 0 Å². The van der Waals surface area contributed by atoms with E-state index in [1.165, 1.54) is 4.90 Å². The maximum absolute atomic E-state index is 12.6. The number of nitrogens with two attached hydrogens (primary N) is 1. The normalized spacial score (nSPS) is 23.3. The van der Waals surface area contributed by atoms with Crippen molar-refractivity contribution in [2.45, 2.75) is 18.9 Å². The number of quaternary nitrogens is 1. The van der Waals surface area contributed by atoms with Gasteiger partial charge in [0, 0.05) is 38.4 Å². The Hall–Kier alpha value is -1.88. The summed E-state index contributed by atoms with van der Waals surface area (Å²) in [6.07, 6.45) is 1.52. The van der Waals surface area contributed by atoms with Gasteiger partial charge in [-0.1, -0.05) is 30.3 Å². The Morgan fingerprint density at radius 2 is 1.76 bits per heavy atom. The third-order valence-corrected chi connectivity index (χ3v) is 4.26. The second-order valence-electron chi connectivity index (χ2n) is 5.91. The molecule has 1 heterocycles. The summed E-state index contributed by atoms with van der Waals surface area (Å²) in [6.45, 7) is 1.60. The van der Waals surface area contributed by atoms with Gasteiger partial charge in [0.05, 0.1) is 13.1 Å². The third kappa shape index (κ3) is 3.61. The largest absolute Gasteiger partial charge is 0.369 e. The highest BCUT2D eigenvalue weighted by molar-refractivity contribution is 5.81. The molecule has 2 rings (SSSR count). The molecule has 114 valence electrons. The van der Waals surface area contributed by atoms with Gasteiger partial charge in [0.15, 0.2) is 6.04 Å². The first-order valence-corrected chi connectivity index (χ1v) is 7.40. The topological polar surface area (TPSA) is 67.8 Å². The zero-order valence-corrected chi connectivity index (χ0v) is 12.7. The van der Waals surface area contributed by atoms with Crippen molar-refractivity contribution in [3.63, 3.8) is 0 Å². The van der Waals surface area contributed by atoms with Crippen molar-refractivity contribution >= 4 is 11.8 Å². The van der Waals surface area contributed by atoms with Crippen molar-refractivity contribution in [2.24, 2.45) is 11.7 Å². The van der Waals surface area contributed by atoms with Crippen molar-refractivity contribution < 1.29 is 14.5 Å². The number of likely N-dealkylation sites (tertiary alicyclic amines) is 1. The lowest BCUT2D eigenvalue weighted by molar-refractivity contribution is -0.927. The summed E-state index contributed by atoms with van der Waals surface area (Å²) in [5, 5.41) is 0. The Labute approximate surface area is 125 Å². The Bertz CT molecular complexity index is 494. The van der Waals surface area contributed by atoms with E-state index < -0.39 is 0 Å². The fraction of sp³-hybridized carbons (Fsp3) is 0.500. The van der Waals surface area contributed by atoms with Crippen LogP contribution in [0.5, 0.6) is 0 Å². The molecule has 21 heavy (non-hydrogen) atoms. The molecule has 0 spiro atoms. The molecule has 3 N–H and O–H groups in total. The Balaban J connectivity index is 2.18. The number of primary amides is 1. The van der Waals surface area contributed by atoms with Crippen molar-refractivity contribution in [1.29, 1.82) is 0 Å². The molecule has 1 aliphatic heterocycles. The molecule has 1 atom stereocenters. The van der Waals surface area contributed by atoms with E-state index in [1.54, 1.807) is 19.0 Å². The first-order chi connectivity index (χ1) is 10.0. The number of carbonyl (C=O) groups excluding carboxylic acids is 2. The second-order valence-corrected chi connectivity index (χ2v) is 5.91. The van der Waals surface area contributed by atoms with Gasteiger partial charge in [-0.2, -0.15) is 0 Å². The standard InChI is InChI=1S/C16H23N3O2/c1-18(2)16(21)14(12-6-4-3-5-7-12)19-10-8-13(9-11-19)15(17)20/h3-7,13-14H,8-11H2,1-2H3,(H2,17,20)/p+1/t14-/m1/s1. The van der Waals surface area contributed by atoms with Crippen LogP contribution in [0.3, 0.4) is 0 Å². The minimum atomic E-state index is -0.218. The number of hydrogen-bond donors (Lipinski definition) is 2. The summed E-state index contributed by atoms with van der Waals surface area (Å²) in [4.78, 5) is 26.7. The van der Waals surface area contributed by atoms with Crippen LogP contribution in [-0.4, -0.2) is 43.9 Å². The molecular formula is C16H24N3O2+. The highest BCUT2D eigenvalue weighted by atomic mass is 16.2. The van der Waals surface area contributed by atoms with Crippen LogP contribution >= 0.6 is 0 Å². The van der Waals surface area contributed by atoms with Crippen LogP contribution in [0.25, 0.3) is 0 Å². The van der Waals surface area contributed by atoms with E-state index in [4.69, 9.17) is 5.73 Å². The van der Waals surface area contributed by atoms with Crippen LogP contribution in [0.2, 0.25) is 0 Å². The van der Waals surface area contributed by atoms with Crippen LogP contribution in [0, 0.1) is 5.92 Å². The van der Waals surface area contributed by atoms with Gasteiger partial charge in [0.25, 0.3) is 5.91 Å². The number of carbonyl (C=O) groups is 2. The molecule has 1 aliphatic rings. The van der Waals surface area contributed by atoms with E-state index in [2.05, 4.69) is 0 Å². The Morgan fingerprint density at radius 1 is 1.19 bits per heavy atom. The average molecular weight is 290 g/mol. The van der Waals surface area contributed by atoms with Crippen molar-refractivity contribution in [3.8, 4) is 0 Å². The molecule has 0 aromatic heterocycles. The summed E-state index contributed by atoms with van der Waals surface area (Å²) in [7, 11) is 3.57. The maximum atomic E-state index is 12.6. The summed E-state index contributed by atoms with van der Waals surface area (Å²) < 4.78 is 0. The molecule has 1 saturated heterocycles. The number of piperidine rings is 1. The van der Waals surface area contributed by atoms with Crippen LogP contribution in [0.1, 0.15) is 24.4 Å². The van der Waals surface area contributed by atoms with E-state index in [-0.39, 0.29) is 23.8 Å². The lowest BCUT2D eigenvalue weighted by atomic mass is 9.93. The van der Waals surface area contributed by atoms with E-state index in [0.717, 1.165) is 31.5 Å². The molecule has 0 bridgehead atoms. The van der Waals surface area contributed by atoms with Crippen molar-refractivity contribution in [1.82, 2.24) is 4.90 Å². The quantitative estimate of drug-likeness (QED) is 0.792. The molecule has 1 fully saturated rings.